The van der Waals surface area contributed by atoms with E-state index in [0.717, 1.165) is 0 Å². The van der Waals surface area contributed by atoms with E-state index in [-0.39, 0.29) is 11.3 Å². The summed E-state index contributed by atoms with van der Waals surface area (Å²) in [5, 5.41) is 10.3. The molecule has 0 saturated carbocycles. The fourth-order valence-corrected chi connectivity index (χ4v) is 0.689. The number of nitro groups is 1. The Labute approximate surface area is 83.8 Å². The summed E-state index contributed by atoms with van der Waals surface area (Å²) in [6.07, 6.45) is 4.32. The van der Waals surface area contributed by atoms with E-state index in [1.807, 2.05) is 13.8 Å². The second-order valence-corrected chi connectivity index (χ2v) is 1.91. The number of hydrogen-bond acceptors (Lipinski definition) is 3. The van der Waals surface area contributed by atoms with E-state index in [1.54, 1.807) is 0 Å². The van der Waals surface area contributed by atoms with Crippen LogP contribution in [0.3, 0.4) is 0 Å². The van der Waals surface area contributed by atoms with Gasteiger partial charge in [0.05, 0.1) is 10.5 Å². The summed E-state index contributed by atoms with van der Waals surface area (Å²) >= 11 is 0. The molecule has 0 bridgehead atoms. The molecule has 0 aliphatic rings. The molecule has 0 radical (unpaired) electrons. The van der Waals surface area contributed by atoms with Gasteiger partial charge in [-0.05, 0) is 19.1 Å². The minimum Gasteiger partial charge on any atom is -0.298 e. The van der Waals surface area contributed by atoms with Crippen molar-refractivity contribution in [3.8, 4) is 0 Å². The molecule has 0 heterocycles. The molecule has 0 rings (SSSR count). The first-order valence-electron chi connectivity index (χ1n) is 4.26. The Morgan fingerprint density at radius 3 is 2.14 bits per heavy atom. The number of allylic oxidation sites excluding steroid dienone is 4. The van der Waals surface area contributed by atoms with Crippen molar-refractivity contribution in [2.75, 3.05) is 0 Å². The highest BCUT2D eigenvalue weighted by atomic mass is 16.6. The van der Waals surface area contributed by atoms with Gasteiger partial charge in [-0.1, -0.05) is 26.5 Å². The third-order valence-electron chi connectivity index (χ3n) is 1.19. The first kappa shape index (κ1) is 14.8. The van der Waals surface area contributed by atoms with Gasteiger partial charge in [-0.2, -0.15) is 0 Å². The van der Waals surface area contributed by atoms with E-state index < -0.39 is 4.92 Å². The van der Waals surface area contributed by atoms with Gasteiger partial charge in [0, 0.05) is 0 Å². The van der Waals surface area contributed by atoms with Gasteiger partial charge in [0.15, 0.2) is 6.29 Å². The Morgan fingerprint density at radius 2 is 1.93 bits per heavy atom. The molecule has 0 saturated heterocycles. The topological polar surface area (TPSA) is 60.2 Å². The van der Waals surface area contributed by atoms with E-state index >= 15 is 0 Å². The van der Waals surface area contributed by atoms with Gasteiger partial charge in [0.25, 0.3) is 5.70 Å². The Hall–Kier alpha value is -1.71. The second kappa shape index (κ2) is 9.38. The van der Waals surface area contributed by atoms with Crippen molar-refractivity contribution < 1.29 is 9.72 Å². The number of rotatable bonds is 4. The van der Waals surface area contributed by atoms with E-state index in [1.165, 1.54) is 25.2 Å². The Balaban J connectivity index is 0. The minimum atomic E-state index is -0.607. The summed E-state index contributed by atoms with van der Waals surface area (Å²) in [6.45, 7) is 8.84. The molecule has 0 N–H and O–H groups in total. The van der Waals surface area contributed by atoms with Gasteiger partial charge >= 0.3 is 0 Å². The summed E-state index contributed by atoms with van der Waals surface area (Å²) in [6, 6.07) is 0. The summed E-state index contributed by atoms with van der Waals surface area (Å²) in [5.74, 6) is 0. The summed E-state index contributed by atoms with van der Waals surface area (Å²) in [7, 11) is 0. The van der Waals surface area contributed by atoms with E-state index in [4.69, 9.17) is 0 Å². The van der Waals surface area contributed by atoms with Crippen LogP contribution >= 0.6 is 0 Å². The highest BCUT2D eigenvalue weighted by Gasteiger charge is 2.13. The van der Waals surface area contributed by atoms with Gasteiger partial charge in [-0.3, -0.25) is 14.9 Å². The molecular weight excluding hydrogens is 182 g/mol. The molecule has 14 heavy (non-hydrogen) atoms. The van der Waals surface area contributed by atoms with Crippen LogP contribution in [0.25, 0.3) is 0 Å². The molecule has 4 nitrogen and oxygen atoms in total. The molecule has 0 aromatic carbocycles. The number of aldehydes is 1. The largest absolute Gasteiger partial charge is 0.298 e. The van der Waals surface area contributed by atoms with Gasteiger partial charge in [0.2, 0.25) is 0 Å². The summed E-state index contributed by atoms with van der Waals surface area (Å²) < 4.78 is 0. The fraction of sp³-hybridized carbons (Fsp3) is 0.300. The molecule has 0 aliphatic heterocycles. The van der Waals surface area contributed by atoms with Crippen molar-refractivity contribution in [1.29, 1.82) is 0 Å². The molecule has 78 valence electrons. The lowest BCUT2D eigenvalue weighted by atomic mass is 10.2. The van der Waals surface area contributed by atoms with Gasteiger partial charge in [0.1, 0.15) is 0 Å². The molecule has 0 unspecified atom stereocenters. The lowest BCUT2D eigenvalue weighted by Gasteiger charge is -1.93. The second-order valence-electron chi connectivity index (χ2n) is 1.91. The molecule has 0 aliphatic carbocycles. The van der Waals surface area contributed by atoms with Crippen molar-refractivity contribution in [2.45, 2.75) is 20.8 Å². The lowest BCUT2D eigenvalue weighted by molar-refractivity contribution is -0.420. The monoisotopic (exact) mass is 197 g/mol. The SMILES string of the molecule is C=C/C=C(C=O)\C(=C/C)[N+](=O)[O-].CC. The van der Waals surface area contributed by atoms with Crippen LogP contribution in [0.5, 0.6) is 0 Å². The van der Waals surface area contributed by atoms with Gasteiger partial charge in [-0.25, -0.2) is 0 Å². The molecular formula is C10H15NO3. The standard InChI is InChI=1S/C8H9NO3.C2H6/c1-3-5-7(6-10)8(4-2)9(11)12;1-2/h3-6H,1H2,2H3;1-2H3/b7-5-,8-4+;. The number of nitrogens with zero attached hydrogens (tertiary/aromatic N) is 1. The van der Waals surface area contributed by atoms with Crippen LogP contribution in [0.2, 0.25) is 0 Å². The van der Waals surface area contributed by atoms with Crippen LogP contribution in [0.4, 0.5) is 0 Å². The average molecular weight is 197 g/mol. The predicted octanol–water partition coefficient (Wildman–Crippen LogP) is 2.50. The minimum absolute atomic E-state index is 0.0255. The zero-order chi connectivity index (χ0) is 11.6. The van der Waals surface area contributed by atoms with Crippen LogP contribution < -0.4 is 0 Å². The average Bonchev–Trinajstić information content (AvgIpc) is 2.20. The Bertz CT molecular complexity index is 265. The quantitative estimate of drug-likeness (QED) is 0.229. The number of carbonyl (C=O) groups excluding carboxylic acids is 1. The van der Waals surface area contributed by atoms with Crippen LogP contribution in [0, 0.1) is 10.1 Å². The zero-order valence-electron chi connectivity index (χ0n) is 8.69. The number of hydrogen-bond donors (Lipinski definition) is 0. The van der Waals surface area contributed by atoms with Crippen molar-refractivity contribution in [3.63, 3.8) is 0 Å². The van der Waals surface area contributed by atoms with Crippen LogP contribution in [0.1, 0.15) is 20.8 Å². The first-order chi connectivity index (χ1) is 6.67. The predicted molar refractivity (Wildman–Crippen MR) is 56.4 cm³/mol. The third kappa shape index (κ3) is 5.03. The van der Waals surface area contributed by atoms with Crippen molar-refractivity contribution >= 4 is 6.29 Å². The maximum absolute atomic E-state index is 10.3. The maximum atomic E-state index is 10.3. The zero-order valence-corrected chi connectivity index (χ0v) is 8.69. The third-order valence-corrected chi connectivity index (χ3v) is 1.19. The van der Waals surface area contributed by atoms with Crippen LogP contribution in [-0.2, 0) is 4.79 Å². The van der Waals surface area contributed by atoms with Crippen molar-refractivity contribution in [1.82, 2.24) is 0 Å². The molecule has 0 aromatic rings. The number of carbonyl (C=O) groups is 1. The van der Waals surface area contributed by atoms with Gasteiger partial charge in [-0.15, -0.1) is 0 Å². The first-order valence-corrected chi connectivity index (χ1v) is 4.26. The highest BCUT2D eigenvalue weighted by molar-refractivity contribution is 5.79. The van der Waals surface area contributed by atoms with Gasteiger partial charge < -0.3 is 0 Å². The molecule has 4 heteroatoms. The van der Waals surface area contributed by atoms with Crippen LogP contribution in [-0.4, -0.2) is 11.2 Å². The maximum Gasteiger partial charge on any atom is 0.275 e. The van der Waals surface area contributed by atoms with E-state index in [9.17, 15) is 14.9 Å². The molecule has 0 aromatic heterocycles. The van der Waals surface area contributed by atoms with E-state index in [2.05, 4.69) is 6.58 Å². The lowest BCUT2D eigenvalue weighted by Crippen LogP contribution is -2.02. The smallest absolute Gasteiger partial charge is 0.275 e. The molecule has 0 fully saturated rings. The van der Waals surface area contributed by atoms with Crippen molar-refractivity contribution in [2.24, 2.45) is 0 Å². The Morgan fingerprint density at radius 1 is 1.43 bits per heavy atom. The fourth-order valence-electron chi connectivity index (χ4n) is 0.689. The van der Waals surface area contributed by atoms with Crippen LogP contribution in [0.15, 0.2) is 36.1 Å². The van der Waals surface area contributed by atoms with Crippen molar-refractivity contribution in [3.05, 3.63) is 46.2 Å². The Kier molecular flexibility index (Phi) is 9.91. The summed E-state index contributed by atoms with van der Waals surface area (Å²) in [5.41, 5.74) is -0.178. The normalized spacial score (nSPS) is 11.1. The highest BCUT2D eigenvalue weighted by Crippen LogP contribution is 2.07. The molecule has 0 spiro atoms. The summed E-state index contributed by atoms with van der Waals surface area (Å²) in [4.78, 5) is 20.0. The molecule has 0 amide bonds. The van der Waals surface area contributed by atoms with E-state index in [0.29, 0.717) is 6.29 Å². The molecule has 0 atom stereocenters.